The van der Waals surface area contributed by atoms with Gasteiger partial charge in [-0.05, 0) is 24.8 Å². The number of hydrogen-bond acceptors (Lipinski definition) is 0. The van der Waals surface area contributed by atoms with E-state index in [1.54, 1.807) is 0 Å². The van der Waals surface area contributed by atoms with Crippen LogP contribution < -0.4 is 0 Å². The fourth-order valence-corrected chi connectivity index (χ4v) is 2.54. The normalized spacial score (nSPS) is 17.6. The molecule has 0 heterocycles. The van der Waals surface area contributed by atoms with Gasteiger partial charge in [-0.1, -0.05) is 67.1 Å². The molecule has 2 rings (SSSR count). The number of allylic oxidation sites excluding steroid dienone is 5. The van der Waals surface area contributed by atoms with Gasteiger partial charge in [0, 0.05) is 5.41 Å². The molecular weight excluding hydrogens is 204 g/mol. The zero-order valence-corrected chi connectivity index (χ0v) is 10.5. The molecule has 1 unspecified atom stereocenters. The van der Waals surface area contributed by atoms with Crippen molar-refractivity contribution in [2.45, 2.75) is 31.6 Å². The van der Waals surface area contributed by atoms with E-state index < -0.39 is 0 Å². The highest BCUT2D eigenvalue weighted by Crippen LogP contribution is 2.39. The minimum Gasteiger partial charge on any atom is -0.103 e. The second-order valence-corrected chi connectivity index (χ2v) is 4.85. The molecule has 1 aromatic carbocycles. The maximum atomic E-state index is 3.85. The van der Waals surface area contributed by atoms with Crippen molar-refractivity contribution < 1.29 is 0 Å². The van der Waals surface area contributed by atoms with E-state index in [4.69, 9.17) is 0 Å². The third-order valence-corrected chi connectivity index (χ3v) is 3.74. The smallest absolute Gasteiger partial charge is 0.0142 e. The van der Waals surface area contributed by atoms with E-state index in [1.807, 2.05) is 6.08 Å². The summed E-state index contributed by atoms with van der Waals surface area (Å²) in [7, 11) is 0. The van der Waals surface area contributed by atoms with E-state index in [0.29, 0.717) is 0 Å². The molecule has 0 radical (unpaired) electrons. The second kappa shape index (κ2) is 5.18. The quantitative estimate of drug-likeness (QED) is 0.630. The van der Waals surface area contributed by atoms with Crippen molar-refractivity contribution in [3.63, 3.8) is 0 Å². The molecule has 0 amide bonds. The first-order valence-corrected chi connectivity index (χ1v) is 6.30. The van der Waals surface area contributed by atoms with Gasteiger partial charge in [0.1, 0.15) is 0 Å². The average Bonchev–Trinajstić information content (AvgIpc) is 2.91. The maximum Gasteiger partial charge on any atom is 0.0142 e. The summed E-state index contributed by atoms with van der Waals surface area (Å²) < 4.78 is 0. The van der Waals surface area contributed by atoms with Gasteiger partial charge >= 0.3 is 0 Å². The van der Waals surface area contributed by atoms with Crippen molar-refractivity contribution in [3.05, 3.63) is 72.4 Å². The van der Waals surface area contributed by atoms with Crippen LogP contribution in [0, 0.1) is 0 Å². The van der Waals surface area contributed by atoms with Gasteiger partial charge in [0.25, 0.3) is 0 Å². The lowest BCUT2D eigenvalue weighted by Crippen LogP contribution is -2.24. The molecule has 17 heavy (non-hydrogen) atoms. The second-order valence-electron chi connectivity index (χ2n) is 4.85. The molecule has 1 aliphatic rings. The zero-order chi connectivity index (χ0) is 12.1. The van der Waals surface area contributed by atoms with E-state index >= 15 is 0 Å². The van der Waals surface area contributed by atoms with Crippen molar-refractivity contribution in [1.29, 1.82) is 0 Å². The standard InChI is InChI=1S/C17H20/c1-3-4-14-17(2,16-12-8-9-13-16)15-10-6-5-7-11-15/h3,5-12H,1,4,13-14H2,2H3. The lowest BCUT2D eigenvalue weighted by Gasteiger charge is -2.32. The van der Waals surface area contributed by atoms with E-state index in [2.05, 4.69) is 62.1 Å². The van der Waals surface area contributed by atoms with Crippen molar-refractivity contribution in [2.75, 3.05) is 0 Å². The van der Waals surface area contributed by atoms with Gasteiger partial charge < -0.3 is 0 Å². The van der Waals surface area contributed by atoms with E-state index in [-0.39, 0.29) is 5.41 Å². The molecule has 0 aromatic heterocycles. The SMILES string of the molecule is C=CCCC(C)(C1=CC=CC1)c1ccccc1. The average molecular weight is 224 g/mol. The molecule has 0 aliphatic heterocycles. The Morgan fingerprint density at radius 3 is 2.65 bits per heavy atom. The van der Waals surface area contributed by atoms with Gasteiger partial charge in [-0.3, -0.25) is 0 Å². The number of hydrogen-bond donors (Lipinski definition) is 0. The number of rotatable bonds is 5. The van der Waals surface area contributed by atoms with Crippen LogP contribution in [0.2, 0.25) is 0 Å². The summed E-state index contributed by atoms with van der Waals surface area (Å²) in [5.74, 6) is 0. The van der Waals surface area contributed by atoms with Crippen LogP contribution in [0.15, 0.2) is 66.8 Å². The topological polar surface area (TPSA) is 0 Å². The van der Waals surface area contributed by atoms with Crippen LogP contribution in [-0.2, 0) is 5.41 Å². The Kier molecular flexibility index (Phi) is 3.63. The monoisotopic (exact) mass is 224 g/mol. The largest absolute Gasteiger partial charge is 0.103 e. The summed E-state index contributed by atoms with van der Waals surface area (Å²) in [6.45, 7) is 6.20. The molecule has 0 fully saturated rings. The van der Waals surface area contributed by atoms with Gasteiger partial charge in [0.15, 0.2) is 0 Å². The minimum atomic E-state index is 0.152. The molecule has 1 atom stereocenters. The van der Waals surface area contributed by atoms with Crippen molar-refractivity contribution in [3.8, 4) is 0 Å². The number of benzene rings is 1. The molecule has 1 aliphatic carbocycles. The Balaban J connectivity index is 2.33. The Hall–Kier alpha value is -1.56. The van der Waals surface area contributed by atoms with Crippen LogP contribution in [0.25, 0.3) is 0 Å². The highest BCUT2D eigenvalue weighted by molar-refractivity contribution is 5.40. The predicted molar refractivity (Wildman–Crippen MR) is 75.1 cm³/mol. The van der Waals surface area contributed by atoms with Crippen LogP contribution in [0.1, 0.15) is 31.7 Å². The molecule has 0 spiro atoms. The fourth-order valence-electron chi connectivity index (χ4n) is 2.54. The predicted octanol–water partition coefficient (Wildman–Crippen LogP) is 4.80. The van der Waals surface area contributed by atoms with Crippen molar-refractivity contribution in [1.82, 2.24) is 0 Å². The first-order chi connectivity index (χ1) is 8.27. The van der Waals surface area contributed by atoms with Gasteiger partial charge in [0.05, 0.1) is 0 Å². The molecule has 88 valence electrons. The summed E-state index contributed by atoms with van der Waals surface area (Å²) in [6.07, 6.45) is 12.0. The van der Waals surface area contributed by atoms with Crippen LogP contribution in [0.3, 0.4) is 0 Å². The lowest BCUT2D eigenvalue weighted by molar-refractivity contribution is 0.507. The van der Waals surface area contributed by atoms with Crippen LogP contribution >= 0.6 is 0 Å². The zero-order valence-electron chi connectivity index (χ0n) is 10.5. The van der Waals surface area contributed by atoms with E-state index in [0.717, 1.165) is 19.3 Å². The maximum absolute atomic E-state index is 3.85. The molecular formula is C17H20. The van der Waals surface area contributed by atoms with E-state index in [9.17, 15) is 0 Å². The lowest BCUT2D eigenvalue weighted by atomic mass is 9.72. The van der Waals surface area contributed by atoms with E-state index in [1.165, 1.54) is 11.1 Å². The molecule has 0 N–H and O–H groups in total. The summed E-state index contributed by atoms with van der Waals surface area (Å²) in [6, 6.07) is 10.8. The first-order valence-electron chi connectivity index (χ1n) is 6.30. The van der Waals surface area contributed by atoms with Gasteiger partial charge in [-0.15, -0.1) is 6.58 Å². The molecule has 0 nitrogen and oxygen atoms in total. The molecule has 0 saturated heterocycles. The van der Waals surface area contributed by atoms with Crippen molar-refractivity contribution >= 4 is 0 Å². The molecule has 1 aromatic rings. The third kappa shape index (κ3) is 2.41. The van der Waals surface area contributed by atoms with Crippen LogP contribution in [0.4, 0.5) is 0 Å². The first kappa shape index (κ1) is 11.9. The summed E-state index contributed by atoms with van der Waals surface area (Å²) >= 11 is 0. The Morgan fingerprint density at radius 1 is 1.29 bits per heavy atom. The van der Waals surface area contributed by atoms with Gasteiger partial charge in [-0.25, -0.2) is 0 Å². The summed E-state index contributed by atoms with van der Waals surface area (Å²) in [5.41, 5.74) is 3.08. The minimum absolute atomic E-state index is 0.152. The van der Waals surface area contributed by atoms with Crippen LogP contribution in [-0.4, -0.2) is 0 Å². The fraction of sp³-hybridized carbons (Fsp3) is 0.294. The highest BCUT2D eigenvalue weighted by atomic mass is 14.3. The Bertz CT molecular complexity index is 436. The molecule has 0 heteroatoms. The third-order valence-electron chi connectivity index (χ3n) is 3.74. The van der Waals surface area contributed by atoms with Crippen LogP contribution in [0.5, 0.6) is 0 Å². The Morgan fingerprint density at radius 2 is 2.06 bits per heavy atom. The van der Waals surface area contributed by atoms with Gasteiger partial charge in [0.2, 0.25) is 0 Å². The van der Waals surface area contributed by atoms with Crippen molar-refractivity contribution in [2.24, 2.45) is 0 Å². The summed E-state index contributed by atoms with van der Waals surface area (Å²) in [5, 5.41) is 0. The Labute approximate surface area is 104 Å². The highest BCUT2D eigenvalue weighted by Gasteiger charge is 2.30. The summed E-state index contributed by atoms with van der Waals surface area (Å²) in [4.78, 5) is 0. The molecule has 0 saturated carbocycles. The molecule has 0 bridgehead atoms. The van der Waals surface area contributed by atoms with Gasteiger partial charge in [-0.2, -0.15) is 0 Å².